The lowest BCUT2D eigenvalue weighted by atomic mass is 9.94. The van der Waals surface area contributed by atoms with Crippen molar-refractivity contribution in [3.05, 3.63) is 65.6 Å². The van der Waals surface area contributed by atoms with Gasteiger partial charge in [0.05, 0.1) is 17.7 Å². The molecule has 0 saturated heterocycles. The average molecular weight is 463 g/mol. The van der Waals surface area contributed by atoms with Crippen LogP contribution in [0.4, 0.5) is 5.95 Å². The van der Waals surface area contributed by atoms with Crippen molar-refractivity contribution in [3.8, 4) is 28.0 Å². The molecule has 0 spiro atoms. The number of aromatic nitrogens is 3. The summed E-state index contributed by atoms with van der Waals surface area (Å²) in [5, 5.41) is 10.6. The van der Waals surface area contributed by atoms with E-state index in [1.165, 1.54) is 0 Å². The van der Waals surface area contributed by atoms with E-state index in [1.807, 2.05) is 12.1 Å². The van der Waals surface area contributed by atoms with Crippen LogP contribution in [0.2, 0.25) is 5.02 Å². The van der Waals surface area contributed by atoms with Crippen molar-refractivity contribution in [3.63, 3.8) is 0 Å². The van der Waals surface area contributed by atoms with Crippen molar-refractivity contribution in [1.29, 1.82) is 0 Å². The van der Waals surface area contributed by atoms with Crippen LogP contribution < -0.4 is 9.64 Å². The highest BCUT2D eigenvalue weighted by atomic mass is 35.5. The van der Waals surface area contributed by atoms with Crippen LogP contribution in [-0.2, 0) is 0 Å². The molecule has 2 aromatic heterocycles. The van der Waals surface area contributed by atoms with Crippen LogP contribution in [0, 0.1) is 0 Å². The number of aromatic carboxylic acids is 1. The third-order valence-corrected chi connectivity index (χ3v) is 5.73. The first-order chi connectivity index (χ1) is 16.0. The Balaban J connectivity index is 2.04. The van der Waals surface area contributed by atoms with E-state index in [1.54, 1.807) is 50.0 Å². The van der Waals surface area contributed by atoms with Gasteiger partial charge in [0.2, 0.25) is 5.95 Å². The highest BCUT2D eigenvalue weighted by Gasteiger charge is 2.19. The van der Waals surface area contributed by atoms with Crippen molar-refractivity contribution < 1.29 is 14.6 Å². The summed E-state index contributed by atoms with van der Waals surface area (Å²) in [5.41, 5.74) is 4.12. The summed E-state index contributed by atoms with van der Waals surface area (Å²) in [5.74, 6) is 0.219. The number of hydrogen-bond acceptors (Lipinski definition) is 6. The zero-order valence-electron chi connectivity index (χ0n) is 18.5. The number of methoxy groups -OCH3 is 1. The second-order valence-electron chi connectivity index (χ2n) is 7.38. The Hall–Kier alpha value is -3.71. The van der Waals surface area contributed by atoms with Gasteiger partial charge in [-0.1, -0.05) is 23.7 Å². The Morgan fingerprint density at radius 2 is 1.76 bits per heavy atom. The van der Waals surface area contributed by atoms with Gasteiger partial charge in [-0.3, -0.25) is 4.98 Å². The highest BCUT2D eigenvalue weighted by Crippen LogP contribution is 2.42. The summed E-state index contributed by atoms with van der Waals surface area (Å²) in [6, 6.07) is 10.5. The van der Waals surface area contributed by atoms with Crippen molar-refractivity contribution in [2.24, 2.45) is 0 Å². The fourth-order valence-corrected chi connectivity index (χ4v) is 4.00. The van der Waals surface area contributed by atoms with Gasteiger partial charge in [0, 0.05) is 48.2 Å². The van der Waals surface area contributed by atoms with Gasteiger partial charge in [-0.2, -0.15) is 0 Å². The lowest BCUT2D eigenvalue weighted by Gasteiger charge is -2.21. The molecular weight excluding hydrogens is 440 g/mol. The van der Waals surface area contributed by atoms with Crippen LogP contribution in [0.15, 0.2) is 55.0 Å². The van der Waals surface area contributed by atoms with Crippen molar-refractivity contribution in [1.82, 2.24) is 15.0 Å². The summed E-state index contributed by atoms with van der Waals surface area (Å²) in [4.78, 5) is 27.1. The maximum absolute atomic E-state index is 11.3. The molecule has 2 aromatic carbocycles. The SMILES string of the molecule is CCN(CC)c1ncc2c(-c3cncc(Cl)c3)cc(-c3ccc(C(=O)O)cc3)c(OC)c2n1. The van der Waals surface area contributed by atoms with E-state index in [0.29, 0.717) is 22.2 Å². The van der Waals surface area contributed by atoms with Gasteiger partial charge >= 0.3 is 5.97 Å². The lowest BCUT2D eigenvalue weighted by Crippen LogP contribution is -2.24. The number of fused-ring (bicyclic) bond motifs is 1. The molecule has 1 N–H and O–H groups in total. The number of pyridine rings is 1. The molecule has 0 atom stereocenters. The Kier molecular flexibility index (Phi) is 6.42. The number of halogens is 1. The number of carboxylic acids is 1. The molecule has 0 radical (unpaired) electrons. The highest BCUT2D eigenvalue weighted by molar-refractivity contribution is 6.30. The molecule has 0 bridgehead atoms. The fourth-order valence-electron chi connectivity index (χ4n) is 3.83. The summed E-state index contributed by atoms with van der Waals surface area (Å²) >= 11 is 6.23. The summed E-state index contributed by atoms with van der Waals surface area (Å²) in [6.45, 7) is 5.65. The third-order valence-electron chi connectivity index (χ3n) is 5.52. The minimum atomic E-state index is -0.977. The normalized spacial score (nSPS) is 10.9. The van der Waals surface area contributed by atoms with Crippen molar-refractivity contribution >= 4 is 34.4 Å². The molecule has 33 heavy (non-hydrogen) atoms. The van der Waals surface area contributed by atoms with Crippen molar-refractivity contribution in [2.45, 2.75) is 13.8 Å². The molecule has 0 aliphatic carbocycles. The van der Waals surface area contributed by atoms with Crippen molar-refractivity contribution in [2.75, 3.05) is 25.1 Å². The minimum absolute atomic E-state index is 0.212. The van der Waals surface area contributed by atoms with Crippen LogP contribution >= 0.6 is 11.6 Å². The van der Waals surface area contributed by atoms with Gasteiger partial charge in [0.25, 0.3) is 0 Å². The summed E-state index contributed by atoms with van der Waals surface area (Å²) in [7, 11) is 1.60. The Morgan fingerprint density at radius 3 is 2.36 bits per heavy atom. The molecule has 8 heteroatoms. The number of hydrogen-bond donors (Lipinski definition) is 1. The smallest absolute Gasteiger partial charge is 0.335 e. The monoisotopic (exact) mass is 462 g/mol. The maximum Gasteiger partial charge on any atom is 0.335 e. The minimum Gasteiger partial charge on any atom is -0.494 e. The van der Waals surface area contributed by atoms with E-state index in [4.69, 9.17) is 21.3 Å². The number of rotatable bonds is 7. The van der Waals surface area contributed by atoms with E-state index in [2.05, 4.69) is 28.7 Å². The van der Waals surface area contributed by atoms with Gasteiger partial charge < -0.3 is 14.7 Å². The molecule has 0 saturated carbocycles. The zero-order chi connectivity index (χ0) is 23.5. The Bertz CT molecular complexity index is 1320. The van der Waals surface area contributed by atoms with Crippen LogP contribution in [0.3, 0.4) is 0 Å². The predicted octanol–water partition coefficient (Wildman–Crippen LogP) is 5.57. The first-order valence-electron chi connectivity index (χ1n) is 10.5. The fraction of sp³-hybridized carbons (Fsp3) is 0.200. The molecule has 0 unspecified atom stereocenters. The number of nitrogens with zero attached hydrogens (tertiary/aromatic N) is 4. The maximum atomic E-state index is 11.3. The molecule has 7 nitrogen and oxygen atoms in total. The van der Waals surface area contributed by atoms with E-state index in [-0.39, 0.29) is 5.56 Å². The summed E-state index contributed by atoms with van der Waals surface area (Å²) in [6.07, 6.45) is 5.12. The zero-order valence-corrected chi connectivity index (χ0v) is 19.3. The van der Waals surface area contributed by atoms with E-state index in [9.17, 15) is 9.90 Å². The predicted molar refractivity (Wildman–Crippen MR) is 130 cm³/mol. The standard InChI is InChI=1S/C25H23ClN4O3/c1-4-30(5-2)25-28-14-21-19(17-10-18(26)13-27-12-17)11-20(23(33-3)22(21)29-25)15-6-8-16(9-7-15)24(31)32/h6-14H,4-5H2,1-3H3,(H,31,32). The molecule has 4 rings (SSSR count). The lowest BCUT2D eigenvalue weighted by molar-refractivity contribution is 0.0697. The second-order valence-corrected chi connectivity index (χ2v) is 7.82. The molecule has 0 amide bonds. The quantitative estimate of drug-likeness (QED) is 0.384. The topological polar surface area (TPSA) is 88.4 Å². The summed E-state index contributed by atoms with van der Waals surface area (Å²) < 4.78 is 5.84. The van der Waals surface area contributed by atoms with Gasteiger partial charge in [-0.25, -0.2) is 14.8 Å². The van der Waals surface area contributed by atoms with Crippen LogP contribution in [0.25, 0.3) is 33.2 Å². The number of carbonyl (C=O) groups is 1. The molecular formula is C25H23ClN4O3. The van der Waals surface area contributed by atoms with E-state index < -0.39 is 5.97 Å². The molecule has 4 aromatic rings. The van der Waals surface area contributed by atoms with Gasteiger partial charge in [-0.15, -0.1) is 0 Å². The Labute approximate surface area is 196 Å². The molecule has 0 aliphatic heterocycles. The third kappa shape index (κ3) is 4.32. The van der Waals surface area contributed by atoms with Gasteiger partial charge in [0.1, 0.15) is 5.52 Å². The van der Waals surface area contributed by atoms with Crippen LogP contribution in [-0.4, -0.2) is 46.2 Å². The van der Waals surface area contributed by atoms with E-state index in [0.717, 1.165) is 40.7 Å². The molecule has 0 fully saturated rings. The largest absolute Gasteiger partial charge is 0.494 e. The second kappa shape index (κ2) is 9.42. The molecule has 2 heterocycles. The number of carboxylic acid groups (broad SMARTS) is 1. The number of benzene rings is 2. The first kappa shape index (κ1) is 22.5. The number of ether oxygens (including phenoxy) is 1. The average Bonchev–Trinajstić information content (AvgIpc) is 2.83. The molecule has 168 valence electrons. The molecule has 0 aliphatic rings. The Morgan fingerprint density at radius 1 is 1.03 bits per heavy atom. The van der Waals surface area contributed by atoms with Crippen LogP contribution in [0.1, 0.15) is 24.2 Å². The van der Waals surface area contributed by atoms with Gasteiger partial charge in [0.15, 0.2) is 5.75 Å². The first-order valence-corrected chi connectivity index (χ1v) is 10.9. The number of anilines is 1. The van der Waals surface area contributed by atoms with Crippen LogP contribution in [0.5, 0.6) is 5.75 Å². The van der Waals surface area contributed by atoms with Gasteiger partial charge in [-0.05, 0) is 49.2 Å². The van der Waals surface area contributed by atoms with E-state index >= 15 is 0 Å².